The zero-order valence-corrected chi connectivity index (χ0v) is 11.5. The monoisotopic (exact) mass is 277 g/mol. The Kier molecular flexibility index (Phi) is 4.35. The molecular formula is C16H17F2NO. The van der Waals surface area contributed by atoms with Crippen LogP contribution in [0.15, 0.2) is 36.4 Å². The number of benzene rings is 2. The molecule has 0 aliphatic rings. The standard InChI is InChI=1S/C16H17F2NO/c1-10-3-4-12(8-15(10)18)11(2)19-9-13-7-14(17)5-6-16(13)20/h3-8,11,19-20H,9H2,1-2H3. The van der Waals surface area contributed by atoms with Crippen LogP contribution in [0.2, 0.25) is 0 Å². The lowest BCUT2D eigenvalue weighted by Crippen LogP contribution is -2.18. The highest BCUT2D eigenvalue weighted by Crippen LogP contribution is 2.20. The van der Waals surface area contributed by atoms with Crippen LogP contribution in [-0.2, 0) is 6.54 Å². The lowest BCUT2D eigenvalue weighted by Gasteiger charge is -2.15. The minimum absolute atomic E-state index is 0.0428. The smallest absolute Gasteiger partial charge is 0.126 e. The highest BCUT2D eigenvalue weighted by Gasteiger charge is 2.09. The first-order chi connectivity index (χ1) is 9.47. The highest BCUT2D eigenvalue weighted by atomic mass is 19.1. The molecule has 0 bridgehead atoms. The Morgan fingerprint density at radius 1 is 1.15 bits per heavy atom. The normalized spacial score (nSPS) is 12.4. The molecule has 2 nitrogen and oxygen atoms in total. The van der Waals surface area contributed by atoms with Gasteiger partial charge in [-0.15, -0.1) is 0 Å². The number of rotatable bonds is 4. The first-order valence-corrected chi connectivity index (χ1v) is 6.44. The van der Waals surface area contributed by atoms with Gasteiger partial charge < -0.3 is 10.4 Å². The molecule has 0 aliphatic carbocycles. The third-order valence-corrected chi connectivity index (χ3v) is 3.34. The lowest BCUT2D eigenvalue weighted by atomic mass is 10.1. The van der Waals surface area contributed by atoms with E-state index in [4.69, 9.17) is 0 Å². The number of hydrogen-bond donors (Lipinski definition) is 2. The summed E-state index contributed by atoms with van der Waals surface area (Å²) >= 11 is 0. The molecule has 2 aromatic rings. The second-order valence-electron chi connectivity index (χ2n) is 4.88. The fraction of sp³-hybridized carbons (Fsp3) is 0.250. The van der Waals surface area contributed by atoms with Crippen LogP contribution in [0.25, 0.3) is 0 Å². The van der Waals surface area contributed by atoms with Gasteiger partial charge in [-0.1, -0.05) is 12.1 Å². The second-order valence-corrected chi connectivity index (χ2v) is 4.88. The summed E-state index contributed by atoms with van der Waals surface area (Å²) in [4.78, 5) is 0. The zero-order chi connectivity index (χ0) is 14.7. The molecular weight excluding hydrogens is 260 g/mol. The molecule has 4 heteroatoms. The molecule has 0 amide bonds. The van der Waals surface area contributed by atoms with E-state index < -0.39 is 5.82 Å². The van der Waals surface area contributed by atoms with Crippen LogP contribution in [0.3, 0.4) is 0 Å². The Hall–Kier alpha value is -1.94. The summed E-state index contributed by atoms with van der Waals surface area (Å²) in [6, 6.07) is 8.76. The van der Waals surface area contributed by atoms with Crippen molar-refractivity contribution in [2.45, 2.75) is 26.4 Å². The van der Waals surface area contributed by atoms with Crippen LogP contribution in [0.4, 0.5) is 8.78 Å². The van der Waals surface area contributed by atoms with E-state index in [1.807, 2.05) is 13.0 Å². The second kappa shape index (κ2) is 6.01. The van der Waals surface area contributed by atoms with Crippen LogP contribution in [0.5, 0.6) is 5.75 Å². The van der Waals surface area contributed by atoms with Crippen molar-refractivity contribution in [1.82, 2.24) is 5.32 Å². The molecule has 0 radical (unpaired) electrons. The number of aryl methyl sites for hydroxylation is 1. The number of phenolic OH excluding ortho intramolecular Hbond substituents is 1. The number of hydrogen-bond acceptors (Lipinski definition) is 2. The largest absolute Gasteiger partial charge is 0.508 e. The van der Waals surface area contributed by atoms with Crippen molar-refractivity contribution >= 4 is 0 Å². The van der Waals surface area contributed by atoms with Gasteiger partial charge in [0.1, 0.15) is 17.4 Å². The number of aromatic hydroxyl groups is 1. The average Bonchev–Trinajstić information content (AvgIpc) is 2.42. The fourth-order valence-corrected chi connectivity index (χ4v) is 1.96. The van der Waals surface area contributed by atoms with Gasteiger partial charge in [-0.2, -0.15) is 0 Å². The van der Waals surface area contributed by atoms with E-state index in [1.165, 1.54) is 24.3 Å². The van der Waals surface area contributed by atoms with Crippen molar-refractivity contribution in [2.24, 2.45) is 0 Å². The van der Waals surface area contributed by atoms with E-state index in [-0.39, 0.29) is 17.6 Å². The Labute approximate surface area is 117 Å². The van der Waals surface area contributed by atoms with Crippen LogP contribution in [0.1, 0.15) is 29.7 Å². The Balaban J connectivity index is 2.06. The van der Waals surface area contributed by atoms with Crippen molar-refractivity contribution in [2.75, 3.05) is 0 Å². The molecule has 0 heterocycles. The molecule has 0 aliphatic heterocycles. The van der Waals surface area contributed by atoms with Gasteiger partial charge in [0.25, 0.3) is 0 Å². The maximum Gasteiger partial charge on any atom is 0.126 e. The topological polar surface area (TPSA) is 32.3 Å². The van der Waals surface area contributed by atoms with Crippen molar-refractivity contribution in [3.05, 3.63) is 64.7 Å². The van der Waals surface area contributed by atoms with Crippen LogP contribution >= 0.6 is 0 Å². The molecule has 1 atom stereocenters. The maximum absolute atomic E-state index is 13.5. The van der Waals surface area contributed by atoms with Crippen molar-refractivity contribution in [3.63, 3.8) is 0 Å². The average molecular weight is 277 g/mol. The van der Waals surface area contributed by atoms with Crippen LogP contribution < -0.4 is 5.32 Å². The summed E-state index contributed by atoms with van der Waals surface area (Å²) in [7, 11) is 0. The molecule has 2 aromatic carbocycles. The molecule has 0 spiro atoms. The SMILES string of the molecule is Cc1ccc(C(C)NCc2cc(F)ccc2O)cc1F. The minimum atomic E-state index is -0.395. The number of nitrogens with one attached hydrogen (secondary N) is 1. The summed E-state index contributed by atoms with van der Waals surface area (Å²) in [5.74, 6) is -0.598. The first-order valence-electron chi connectivity index (χ1n) is 6.44. The van der Waals surface area contributed by atoms with E-state index >= 15 is 0 Å². The van der Waals surface area contributed by atoms with Crippen molar-refractivity contribution in [1.29, 1.82) is 0 Å². The van der Waals surface area contributed by atoms with Gasteiger partial charge in [-0.3, -0.25) is 0 Å². The van der Waals surface area contributed by atoms with E-state index in [1.54, 1.807) is 13.0 Å². The van der Waals surface area contributed by atoms with Gasteiger partial charge in [-0.25, -0.2) is 8.78 Å². The summed E-state index contributed by atoms with van der Waals surface area (Å²) in [6.07, 6.45) is 0. The molecule has 0 aromatic heterocycles. The molecule has 0 saturated heterocycles. The van der Waals surface area contributed by atoms with E-state index in [0.717, 1.165) is 5.56 Å². The van der Waals surface area contributed by atoms with Crippen LogP contribution in [-0.4, -0.2) is 5.11 Å². The zero-order valence-electron chi connectivity index (χ0n) is 11.5. The van der Waals surface area contributed by atoms with Gasteiger partial charge >= 0.3 is 0 Å². The maximum atomic E-state index is 13.5. The Morgan fingerprint density at radius 2 is 1.90 bits per heavy atom. The van der Waals surface area contributed by atoms with Crippen LogP contribution in [0, 0.1) is 18.6 Å². The summed E-state index contributed by atoms with van der Waals surface area (Å²) in [5.41, 5.74) is 1.89. The Bertz CT molecular complexity index is 613. The summed E-state index contributed by atoms with van der Waals surface area (Å²) in [5, 5.41) is 12.8. The lowest BCUT2D eigenvalue weighted by molar-refractivity contribution is 0.457. The van der Waals surface area contributed by atoms with Gasteiger partial charge in [-0.05, 0) is 49.2 Å². The summed E-state index contributed by atoms with van der Waals surface area (Å²) in [6.45, 7) is 3.91. The first kappa shape index (κ1) is 14.5. The van der Waals surface area contributed by atoms with Crippen molar-refractivity contribution < 1.29 is 13.9 Å². The molecule has 20 heavy (non-hydrogen) atoms. The predicted molar refractivity (Wildman–Crippen MR) is 74.5 cm³/mol. The number of halogens is 2. The molecule has 0 saturated carbocycles. The summed E-state index contributed by atoms with van der Waals surface area (Å²) < 4.78 is 26.6. The van der Waals surface area contributed by atoms with E-state index in [9.17, 15) is 13.9 Å². The van der Waals surface area contributed by atoms with Gasteiger partial charge in [0.05, 0.1) is 0 Å². The van der Waals surface area contributed by atoms with Gasteiger partial charge in [0, 0.05) is 18.2 Å². The highest BCUT2D eigenvalue weighted by molar-refractivity contribution is 5.32. The third kappa shape index (κ3) is 3.33. The van der Waals surface area contributed by atoms with Gasteiger partial charge in [0.15, 0.2) is 0 Å². The van der Waals surface area contributed by atoms with E-state index in [2.05, 4.69) is 5.32 Å². The quantitative estimate of drug-likeness (QED) is 0.890. The number of phenols is 1. The Morgan fingerprint density at radius 3 is 2.60 bits per heavy atom. The van der Waals surface area contributed by atoms with Gasteiger partial charge in [0.2, 0.25) is 0 Å². The fourth-order valence-electron chi connectivity index (χ4n) is 1.96. The third-order valence-electron chi connectivity index (χ3n) is 3.34. The minimum Gasteiger partial charge on any atom is -0.508 e. The molecule has 2 rings (SSSR count). The van der Waals surface area contributed by atoms with Crippen molar-refractivity contribution in [3.8, 4) is 5.75 Å². The predicted octanol–water partition coefficient (Wildman–Crippen LogP) is 3.83. The molecule has 1 unspecified atom stereocenters. The molecule has 106 valence electrons. The molecule has 2 N–H and O–H groups in total. The molecule has 0 fully saturated rings. The van der Waals surface area contributed by atoms with E-state index in [0.29, 0.717) is 17.7 Å².